The molecule has 0 bridgehead atoms. The van der Waals surface area contributed by atoms with Crippen LogP contribution in [0, 0.1) is 0 Å². The highest BCUT2D eigenvalue weighted by Gasteiger charge is 2.08. The average molecular weight is 327 g/mol. The standard InChI is InChI=1S/C16H16Cl2O3/c1-2-20-16-7-11(9-19)3-6-15(16)21-10-12-4-5-13(17)8-14(12)18/h3-8,19H,2,9-10H2,1H3. The van der Waals surface area contributed by atoms with E-state index in [1.54, 1.807) is 30.3 Å². The van der Waals surface area contributed by atoms with Crippen LogP contribution < -0.4 is 9.47 Å². The Hall–Kier alpha value is -1.42. The topological polar surface area (TPSA) is 38.7 Å². The summed E-state index contributed by atoms with van der Waals surface area (Å²) >= 11 is 12.0. The van der Waals surface area contributed by atoms with Crippen molar-refractivity contribution in [3.05, 3.63) is 57.6 Å². The highest BCUT2D eigenvalue weighted by Crippen LogP contribution is 2.30. The second kappa shape index (κ2) is 7.55. The molecule has 0 saturated carbocycles. The van der Waals surface area contributed by atoms with Crippen molar-refractivity contribution in [3.8, 4) is 11.5 Å². The zero-order chi connectivity index (χ0) is 15.2. The van der Waals surface area contributed by atoms with Crippen molar-refractivity contribution in [3.63, 3.8) is 0 Å². The minimum atomic E-state index is -0.0383. The average Bonchev–Trinajstić information content (AvgIpc) is 2.47. The van der Waals surface area contributed by atoms with E-state index in [0.717, 1.165) is 11.1 Å². The van der Waals surface area contributed by atoms with Crippen LogP contribution in [0.2, 0.25) is 10.0 Å². The quantitative estimate of drug-likeness (QED) is 0.851. The van der Waals surface area contributed by atoms with Gasteiger partial charge in [0.2, 0.25) is 0 Å². The van der Waals surface area contributed by atoms with Gasteiger partial charge in [-0.3, -0.25) is 0 Å². The summed E-state index contributed by atoms with van der Waals surface area (Å²) in [5, 5.41) is 10.3. The molecule has 0 aromatic heterocycles. The van der Waals surface area contributed by atoms with Gasteiger partial charge in [0, 0.05) is 15.6 Å². The molecular formula is C16H16Cl2O3. The molecule has 0 heterocycles. The number of hydrogen-bond donors (Lipinski definition) is 1. The highest BCUT2D eigenvalue weighted by molar-refractivity contribution is 6.35. The second-order valence-corrected chi connectivity index (χ2v) is 5.24. The lowest BCUT2D eigenvalue weighted by molar-refractivity contribution is 0.264. The number of rotatable bonds is 6. The van der Waals surface area contributed by atoms with Gasteiger partial charge in [0.25, 0.3) is 0 Å². The number of ether oxygens (including phenoxy) is 2. The van der Waals surface area contributed by atoms with Crippen molar-refractivity contribution in [1.29, 1.82) is 0 Å². The molecule has 1 N–H and O–H groups in total. The lowest BCUT2D eigenvalue weighted by Crippen LogP contribution is -2.01. The van der Waals surface area contributed by atoms with Gasteiger partial charge in [0.05, 0.1) is 13.2 Å². The van der Waals surface area contributed by atoms with Crippen LogP contribution in [0.15, 0.2) is 36.4 Å². The van der Waals surface area contributed by atoms with E-state index in [1.165, 1.54) is 0 Å². The number of halogens is 2. The number of benzene rings is 2. The van der Waals surface area contributed by atoms with E-state index < -0.39 is 0 Å². The molecule has 0 atom stereocenters. The summed E-state index contributed by atoms with van der Waals surface area (Å²) in [5.74, 6) is 1.22. The Morgan fingerprint density at radius 3 is 2.48 bits per heavy atom. The van der Waals surface area contributed by atoms with Gasteiger partial charge in [0.1, 0.15) is 6.61 Å². The zero-order valence-corrected chi connectivity index (χ0v) is 13.1. The van der Waals surface area contributed by atoms with Crippen LogP contribution in [0.25, 0.3) is 0 Å². The molecule has 0 aliphatic heterocycles. The lowest BCUT2D eigenvalue weighted by atomic mass is 10.2. The molecular weight excluding hydrogens is 311 g/mol. The van der Waals surface area contributed by atoms with Gasteiger partial charge < -0.3 is 14.6 Å². The first-order valence-corrected chi connectivity index (χ1v) is 7.33. The molecule has 0 fully saturated rings. The second-order valence-electron chi connectivity index (χ2n) is 4.40. The van der Waals surface area contributed by atoms with E-state index in [4.69, 9.17) is 37.8 Å². The van der Waals surface area contributed by atoms with E-state index in [2.05, 4.69) is 0 Å². The smallest absolute Gasteiger partial charge is 0.161 e. The first kappa shape index (κ1) is 16.0. The molecule has 2 rings (SSSR count). The predicted molar refractivity (Wildman–Crippen MR) is 84.3 cm³/mol. The van der Waals surface area contributed by atoms with Gasteiger partial charge in [0.15, 0.2) is 11.5 Å². The number of aliphatic hydroxyl groups excluding tert-OH is 1. The van der Waals surface area contributed by atoms with Gasteiger partial charge in [-0.2, -0.15) is 0 Å². The fourth-order valence-corrected chi connectivity index (χ4v) is 2.30. The third-order valence-corrected chi connectivity index (χ3v) is 3.48. The third kappa shape index (κ3) is 4.27. The molecule has 0 saturated heterocycles. The Bertz CT molecular complexity index is 614. The van der Waals surface area contributed by atoms with Gasteiger partial charge >= 0.3 is 0 Å². The van der Waals surface area contributed by atoms with Gasteiger partial charge in [-0.15, -0.1) is 0 Å². The van der Waals surface area contributed by atoms with Crippen LogP contribution in [0.5, 0.6) is 11.5 Å². The summed E-state index contributed by atoms with van der Waals surface area (Å²) in [6, 6.07) is 10.6. The van der Waals surface area contributed by atoms with Crippen molar-refractivity contribution < 1.29 is 14.6 Å². The predicted octanol–water partition coefficient (Wildman–Crippen LogP) is 4.46. The van der Waals surface area contributed by atoms with Gasteiger partial charge in [-0.25, -0.2) is 0 Å². The Kier molecular flexibility index (Phi) is 5.74. The minimum Gasteiger partial charge on any atom is -0.490 e. The molecule has 21 heavy (non-hydrogen) atoms. The maximum atomic E-state index is 9.17. The fourth-order valence-electron chi connectivity index (χ4n) is 1.83. The Morgan fingerprint density at radius 2 is 1.81 bits per heavy atom. The zero-order valence-electron chi connectivity index (χ0n) is 11.6. The fraction of sp³-hybridized carbons (Fsp3) is 0.250. The van der Waals surface area contributed by atoms with Gasteiger partial charge in [-0.05, 0) is 36.8 Å². The summed E-state index contributed by atoms with van der Waals surface area (Å²) in [6.07, 6.45) is 0. The van der Waals surface area contributed by atoms with Crippen molar-refractivity contribution in [2.75, 3.05) is 6.61 Å². The molecule has 2 aromatic carbocycles. The summed E-state index contributed by atoms with van der Waals surface area (Å²) in [6.45, 7) is 2.69. The van der Waals surface area contributed by atoms with Crippen molar-refractivity contribution in [2.45, 2.75) is 20.1 Å². The molecule has 0 aliphatic carbocycles. The first-order chi connectivity index (χ1) is 10.1. The van der Waals surface area contributed by atoms with Crippen LogP contribution in [0.3, 0.4) is 0 Å². The molecule has 2 aromatic rings. The molecule has 5 heteroatoms. The molecule has 3 nitrogen and oxygen atoms in total. The van der Waals surface area contributed by atoms with Crippen LogP contribution in [0.4, 0.5) is 0 Å². The van der Waals surface area contributed by atoms with Crippen LogP contribution >= 0.6 is 23.2 Å². The SMILES string of the molecule is CCOc1cc(CO)ccc1OCc1ccc(Cl)cc1Cl. The lowest BCUT2D eigenvalue weighted by Gasteiger charge is -2.13. The molecule has 0 radical (unpaired) electrons. The van der Waals surface area contributed by atoms with E-state index in [-0.39, 0.29) is 6.61 Å². The molecule has 0 amide bonds. The van der Waals surface area contributed by atoms with E-state index in [1.807, 2.05) is 13.0 Å². The summed E-state index contributed by atoms with van der Waals surface area (Å²) < 4.78 is 11.3. The molecule has 112 valence electrons. The third-order valence-electron chi connectivity index (χ3n) is 2.89. The largest absolute Gasteiger partial charge is 0.490 e. The van der Waals surface area contributed by atoms with Crippen molar-refractivity contribution >= 4 is 23.2 Å². The number of hydrogen-bond acceptors (Lipinski definition) is 3. The van der Waals surface area contributed by atoms with E-state index in [9.17, 15) is 0 Å². The monoisotopic (exact) mass is 326 g/mol. The van der Waals surface area contributed by atoms with Crippen LogP contribution in [0.1, 0.15) is 18.1 Å². The van der Waals surface area contributed by atoms with Crippen LogP contribution in [-0.2, 0) is 13.2 Å². The van der Waals surface area contributed by atoms with Crippen molar-refractivity contribution in [2.24, 2.45) is 0 Å². The normalized spacial score (nSPS) is 10.5. The van der Waals surface area contributed by atoms with E-state index >= 15 is 0 Å². The maximum Gasteiger partial charge on any atom is 0.161 e. The summed E-state index contributed by atoms with van der Waals surface area (Å²) in [5.41, 5.74) is 1.62. The van der Waals surface area contributed by atoms with Gasteiger partial charge in [-0.1, -0.05) is 35.3 Å². The molecule has 0 spiro atoms. The number of aliphatic hydroxyl groups is 1. The minimum absolute atomic E-state index is 0.0383. The Labute approximate surface area is 134 Å². The van der Waals surface area contributed by atoms with Crippen molar-refractivity contribution in [1.82, 2.24) is 0 Å². The maximum absolute atomic E-state index is 9.17. The molecule has 0 unspecified atom stereocenters. The highest BCUT2D eigenvalue weighted by atomic mass is 35.5. The summed E-state index contributed by atoms with van der Waals surface area (Å²) in [4.78, 5) is 0. The Morgan fingerprint density at radius 1 is 1.00 bits per heavy atom. The first-order valence-electron chi connectivity index (χ1n) is 6.57. The van der Waals surface area contributed by atoms with Crippen LogP contribution in [-0.4, -0.2) is 11.7 Å². The molecule has 0 aliphatic rings. The summed E-state index contributed by atoms with van der Waals surface area (Å²) in [7, 11) is 0. The van der Waals surface area contributed by atoms with E-state index in [0.29, 0.717) is 34.8 Å². The Balaban J connectivity index is 2.15.